The molecule has 1 aliphatic carbocycles. The fraction of sp³-hybridized carbons (Fsp3) is 0.412. The van der Waals surface area contributed by atoms with E-state index in [9.17, 15) is 10.4 Å². The average Bonchev–Trinajstić information content (AvgIpc) is 2.54. The molecule has 0 aliphatic heterocycles. The molecule has 0 spiro atoms. The van der Waals surface area contributed by atoms with Crippen molar-refractivity contribution in [1.29, 1.82) is 5.26 Å². The van der Waals surface area contributed by atoms with Crippen LogP contribution < -0.4 is 5.32 Å². The second kappa shape index (κ2) is 6.11. The van der Waals surface area contributed by atoms with E-state index < -0.39 is 0 Å². The molecule has 1 aromatic heterocycles. The zero-order valence-electron chi connectivity index (χ0n) is 11.9. The third-order valence-corrected chi connectivity index (χ3v) is 4.31. The predicted octanol–water partition coefficient (Wildman–Crippen LogP) is 3.07. The molecule has 4 heteroatoms. The van der Waals surface area contributed by atoms with Crippen LogP contribution in [-0.4, -0.2) is 22.7 Å². The minimum atomic E-state index is 0.188. The zero-order valence-corrected chi connectivity index (χ0v) is 11.9. The van der Waals surface area contributed by atoms with Crippen LogP contribution in [-0.2, 0) is 0 Å². The van der Waals surface area contributed by atoms with Crippen LogP contribution in [0.4, 0.5) is 5.82 Å². The number of nitrogens with one attached hydrogen (secondary N) is 1. The lowest BCUT2D eigenvalue weighted by atomic mass is 9.85. The minimum absolute atomic E-state index is 0.188. The summed E-state index contributed by atoms with van der Waals surface area (Å²) in [6.45, 7) is 0.188. The highest BCUT2D eigenvalue weighted by molar-refractivity contribution is 5.82. The standard InChI is InChI=1S/C17H19N3O/c18-10-14-9-12-5-1-3-7-15(12)19-17(14)20-16-8-4-2-6-13(16)11-21/h1,3,5,7,9,13,16,21H,2,4,6,8,11H2,(H,19,20)/t13-,16+/m1/s1. The molecule has 1 aliphatic rings. The van der Waals surface area contributed by atoms with Crippen molar-refractivity contribution in [2.24, 2.45) is 5.92 Å². The number of aromatic nitrogens is 1. The Hall–Kier alpha value is -2.12. The number of aliphatic hydroxyl groups is 1. The van der Waals surface area contributed by atoms with Gasteiger partial charge >= 0.3 is 0 Å². The molecule has 1 heterocycles. The van der Waals surface area contributed by atoms with Crippen LogP contribution in [0.25, 0.3) is 10.9 Å². The first-order valence-corrected chi connectivity index (χ1v) is 7.49. The largest absolute Gasteiger partial charge is 0.396 e. The zero-order chi connectivity index (χ0) is 14.7. The molecule has 0 radical (unpaired) electrons. The van der Waals surface area contributed by atoms with Gasteiger partial charge in [0, 0.05) is 24.0 Å². The molecule has 2 aromatic rings. The van der Waals surface area contributed by atoms with E-state index in [0.29, 0.717) is 11.4 Å². The van der Waals surface area contributed by atoms with E-state index in [0.717, 1.165) is 30.2 Å². The first-order valence-electron chi connectivity index (χ1n) is 7.49. The topological polar surface area (TPSA) is 68.9 Å². The first-order chi connectivity index (χ1) is 10.3. The van der Waals surface area contributed by atoms with Crippen molar-refractivity contribution in [3.05, 3.63) is 35.9 Å². The van der Waals surface area contributed by atoms with E-state index in [4.69, 9.17) is 0 Å². The average molecular weight is 281 g/mol. The van der Waals surface area contributed by atoms with Crippen LogP contribution in [0, 0.1) is 17.2 Å². The van der Waals surface area contributed by atoms with Crippen molar-refractivity contribution in [2.45, 2.75) is 31.7 Å². The summed E-state index contributed by atoms with van der Waals surface area (Å²) >= 11 is 0. The van der Waals surface area contributed by atoms with E-state index in [1.165, 1.54) is 6.42 Å². The number of pyridine rings is 1. The second-order valence-electron chi connectivity index (χ2n) is 5.67. The molecule has 1 saturated carbocycles. The van der Waals surface area contributed by atoms with Crippen molar-refractivity contribution in [1.82, 2.24) is 4.98 Å². The molecule has 108 valence electrons. The van der Waals surface area contributed by atoms with Crippen LogP contribution in [0.15, 0.2) is 30.3 Å². The van der Waals surface area contributed by atoms with Crippen molar-refractivity contribution >= 4 is 16.7 Å². The molecule has 0 saturated heterocycles. The molecule has 0 amide bonds. The van der Waals surface area contributed by atoms with Gasteiger partial charge in [-0.15, -0.1) is 0 Å². The molecular weight excluding hydrogens is 262 g/mol. The fourth-order valence-electron chi connectivity index (χ4n) is 3.10. The van der Waals surface area contributed by atoms with Crippen molar-refractivity contribution in [2.75, 3.05) is 11.9 Å². The van der Waals surface area contributed by atoms with E-state index in [1.807, 2.05) is 30.3 Å². The van der Waals surface area contributed by atoms with Gasteiger partial charge in [-0.05, 0) is 25.0 Å². The molecule has 2 N–H and O–H groups in total. The van der Waals surface area contributed by atoms with Crippen LogP contribution >= 0.6 is 0 Å². The number of nitriles is 1. The smallest absolute Gasteiger partial charge is 0.144 e. The molecule has 4 nitrogen and oxygen atoms in total. The molecular formula is C17H19N3O. The van der Waals surface area contributed by atoms with Gasteiger partial charge < -0.3 is 10.4 Å². The van der Waals surface area contributed by atoms with E-state index >= 15 is 0 Å². The number of rotatable bonds is 3. The quantitative estimate of drug-likeness (QED) is 0.907. The lowest BCUT2D eigenvalue weighted by Gasteiger charge is -2.31. The Kier molecular flexibility index (Phi) is 4.03. The highest BCUT2D eigenvalue weighted by Crippen LogP contribution is 2.28. The number of hydrogen-bond acceptors (Lipinski definition) is 4. The van der Waals surface area contributed by atoms with E-state index in [2.05, 4.69) is 16.4 Å². The minimum Gasteiger partial charge on any atom is -0.396 e. The molecule has 21 heavy (non-hydrogen) atoms. The SMILES string of the molecule is N#Cc1cc2ccccc2nc1N[C@H]1CCCC[C@@H]1CO. The summed E-state index contributed by atoms with van der Waals surface area (Å²) < 4.78 is 0. The number of nitrogens with zero attached hydrogens (tertiary/aromatic N) is 2. The number of hydrogen-bond donors (Lipinski definition) is 2. The van der Waals surface area contributed by atoms with Gasteiger partial charge in [-0.3, -0.25) is 0 Å². The van der Waals surface area contributed by atoms with Crippen LogP contribution in [0.1, 0.15) is 31.2 Å². The van der Waals surface area contributed by atoms with Crippen LogP contribution in [0.2, 0.25) is 0 Å². The van der Waals surface area contributed by atoms with Gasteiger partial charge in [0.2, 0.25) is 0 Å². The Bertz CT molecular complexity index is 677. The summed E-state index contributed by atoms with van der Waals surface area (Å²) in [6, 6.07) is 12.1. The van der Waals surface area contributed by atoms with Crippen LogP contribution in [0.5, 0.6) is 0 Å². The molecule has 1 fully saturated rings. The van der Waals surface area contributed by atoms with E-state index in [-0.39, 0.29) is 18.6 Å². The predicted molar refractivity (Wildman–Crippen MR) is 82.9 cm³/mol. The summed E-state index contributed by atoms with van der Waals surface area (Å²) in [7, 11) is 0. The first kappa shape index (κ1) is 13.8. The Morgan fingerprint density at radius 2 is 2.10 bits per heavy atom. The maximum atomic E-state index is 9.51. The molecule has 3 rings (SSSR count). The normalized spacial score (nSPS) is 21.9. The maximum absolute atomic E-state index is 9.51. The summed E-state index contributed by atoms with van der Waals surface area (Å²) in [6.07, 6.45) is 4.37. The van der Waals surface area contributed by atoms with Gasteiger partial charge in [0.05, 0.1) is 11.1 Å². The Morgan fingerprint density at radius 1 is 1.29 bits per heavy atom. The lowest BCUT2D eigenvalue weighted by Crippen LogP contribution is -2.34. The number of fused-ring (bicyclic) bond motifs is 1. The molecule has 1 aromatic carbocycles. The lowest BCUT2D eigenvalue weighted by molar-refractivity contribution is 0.178. The van der Waals surface area contributed by atoms with Gasteiger partial charge in [0.15, 0.2) is 0 Å². The van der Waals surface area contributed by atoms with Crippen LogP contribution in [0.3, 0.4) is 0 Å². The Morgan fingerprint density at radius 3 is 2.90 bits per heavy atom. The number of benzene rings is 1. The van der Waals surface area contributed by atoms with Gasteiger partial charge in [-0.1, -0.05) is 31.0 Å². The summed E-state index contributed by atoms with van der Waals surface area (Å²) in [4.78, 5) is 4.59. The third kappa shape index (κ3) is 2.84. The third-order valence-electron chi connectivity index (χ3n) is 4.31. The molecule has 2 atom stereocenters. The Balaban J connectivity index is 1.93. The number of aliphatic hydroxyl groups excluding tert-OH is 1. The van der Waals surface area contributed by atoms with Crippen molar-refractivity contribution in [3.63, 3.8) is 0 Å². The van der Waals surface area contributed by atoms with Gasteiger partial charge in [0.1, 0.15) is 11.9 Å². The van der Waals surface area contributed by atoms with Gasteiger partial charge in [-0.25, -0.2) is 4.98 Å². The molecule has 0 unspecified atom stereocenters. The maximum Gasteiger partial charge on any atom is 0.144 e. The molecule has 0 bridgehead atoms. The monoisotopic (exact) mass is 281 g/mol. The summed E-state index contributed by atoms with van der Waals surface area (Å²) in [5.41, 5.74) is 1.45. The highest BCUT2D eigenvalue weighted by Gasteiger charge is 2.25. The number of para-hydroxylation sites is 1. The van der Waals surface area contributed by atoms with Gasteiger partial charge in [0.25, 0.3) is 0 Å². The number of anilines is 1. The van der Waals surface area contributed by atoms with E-state index in [1.54, 1.807) is 0 Å². The second-order valence-corrected chi connectivity index (χ2v) is 5.67. The van der Waals surface area contributed by atoms with Crippen molar-refractivity contribution < 1.29 is 5.11 Å². The van der Waals surface area contributed by atoms with Crippen molar-refractivity contribution in [3.8, 4) is 6.07 Å². The summed E-state index contributed by atoms with van der Waals surface area (Å²) in [5.74, 6) is 0.889. The van der Waals surface area contributed by atoms with Gasteiger partial charge in [-0.2, -0.15) is 5.26 Å². The summed E-state index contributed by atoms with van der Waals surface area (Å²) in [5, 5.41) is 23.2. The highest BCUT2D eigenvalue weighted by atomic mass is 16.3. The fourth-order valence-corrected chi connectivity index (χ4v) is 3.10. The Labute approximate surface area is 124 Å².